The Morgan fingerprint density at radius 1 is 0.980 bits per heavy atom. The van der Waals surface area contributed by atoms with Crippen molar-refractivity contribution in [3.8, 4) is 0 Å². The highest BCUT2D eigenvalue weighted by Gasteiger charge is 2.44. The fraction of sp³-hybridized carbons (Fsp3) is 0.595. The molecule has 4 aliphatic heterocycles. The number of aryl methyl sites for hydroxylation is 1. The lowest BCUT2D eigenvalue weighted by Crippen LogP contribution is -2.53. The van der Waals surface area contributed by atoms with Crippen molar-refractivity contribution in [2.45, 2.75) is 107 Å². The largest absolute Gasteiger partial charge is 0.363 e. The van der Waals surface area contributed by atoms with Crippen LogP contribution in [0.2, 0.25) is 0 Å². The van der Waals surface area contributed by atoms with Crippen LogP contribution in [0.3, 0.4) is 0 Å². The Kier molecular flexibility index (Phi) is 10.5. The lowest BCUT2D eigenvalue weighted by Gasteiger charge is -2.43. The zero-order valence-corrected chi connectivity index (χ0v) is 31.5. The molecule has 6 heterocycles. The number of piperidine rings is 2. The number of hydrogen-bond donors (Lipinski definition) is 1. The van der Waals surface area contributed by atoms with Gasteiger partial charge in [0.1, 0.15) is 48.7 Å². The molecular formula is C37H54B4F2N6O. The van der Waals surface area contributed by atoms with E-state index in [-0.39, 0.29) is 28.4 Å². The summed E-state index contributed by atoms with van der Waals surface area (Å²) in [5.41, 5.74) is 2.33. The van der Waals surface area contributed by atoms with Crippen LogP contribution in [0.25, 0.3) is 11.0 Å². The summed E-state index contributed by atoms with van der Waals surface area (Å²) in [6.07, 6.45) is 9.81. The van der Waals surface area contributed by atoms with Crippen LogP contribution in [0.5, 0.6) is 0 Å². The number of fused-ring (bicyclic) bond motifs is 8. The molecule has 0 spiro atoms. The SMILES string of the molecule is BC1(B)/C=C\CCCC(B)(B)n2c(=O)c(C3CCN(C(C)C)CC3)cc3c(nc(C)nc32)N[C@H](C)c2cccc(c2)C(F)(F)C2CCN1CC2. The van der Waals surface area contributed by atoms with Crippen LogP contribution in [-0.2, 0) is 11.3 Å². The maximum absolute atomic E-state index is 16.2. The van der Waals surface area contributed by atoms with Crippen molar-refractivity contribution < 1.29 is 8.78 Å². The van der Waals surface area contributed by atoms with Crippen LogP contribution in [0.1, 0.15) is 100 Å². The van der Waals surface area contributed by atoms with Gasteiger partial charge < -0.3 is 19.7 Å². The first-order valence-corrected chi connectivity index (χ1v) is 18.9. The molecule has 13 heteroatoms. The summed E-state index contributed by atoms with van der Waals surface area (Å²) >= 11 is 0. The molecule has 0 amide bonds. The Labute approximate surface area is 300 Å². The number of allylic oxidation sites excluding steroid dienone is 1. The number of hydrogen-bond acceptors (Lipinski definition) is 6. The number of anilines is 1. The van der Waals surface area contributed by atoms with Gasteiger partial charge in [0, 0.05) is 29.1 Å². The second kappa shape index (κ2) is 14.3. The van der Waals surface area contributed by atoms with Crippen LogP contribution in [0.4, 0.5) is 14.6 Å². The van der Waals surface area contributed by atoms with Gasteiger partial charge in [-0.3, -0.25) is 4.79 Å². The van der Waals surface area contributed by atoms with Crippen molar-refractivity contribution in [3.05, 3.63) is 75.4 Å². The smallest absolute Gasteiger partial charge is 0.276 e. The van der Waals surface area contributed by atoms with E-state index in [2.05, 4.69) is 72.5 Å². The fourth-order valence-electron chi connectivity index (χ4n) is 8.60. The van der Waals surface area contributed by atoms with E-state index in [0.717, 1.165) is 61.7 Å². The van der Waals surface area contributed by atoms with Crippen LogP contribution in [0.15, 0.2) is 47.3 Å². The number of aromatic nitrogens is 3. The predicted molar refractivity (Wildman–Crippen MR) is 212 cm³/mol. The van der Waals surface area contributed by atoms with Gasteiger partial charge in [0.15, 0.2) is 0 Å². The molecule has 8 bridgehead atoms. The summed E-state index contributed by atoms with van der Waals surface area (Å²) in [4.78, 5) is 29.3. The van der Waals surface area contributed by atoms with Crippen molar-refractivity contribution in [3.63, 3.8) is 0 Å². The van der Waals surface area contributed by atoms with E-state index in [4.69, 9.17) is 9.97 Å². The average Bonchev–Trinajstić information content (AvgIpc) is 3.07. The Morgan fingerprint density at radius 2 is 1.68 bits per heavy atom. The Bertz CT molecular complexity index is 1780. The van der Waals surface area contributed by atoms with Crippen molar-refractivity contribution >= 4 is 48.2 Å². The minimum atomic E-state index is -2.93. The third-order valence-electron chi connectivity index (χ3n) is 11.9. The number of halogens is 2. The zero-order chi connectivity index (χ0) is 36.0. The molecule has 7 nitrogen and oxygen atoms in total. The van der Waals surface area contributed by atoms with Crippen molar-refractivity contribution in [2.75, 3.05) is 31.5 Å². The third kappa shape index (κ3) is 7.37. The number of nitrogens with zero attached hydrogens (tertiary/aromatic N) is 5. The summed E-state index contributed by atoms with van der Waals surface area (Å²) in [5, 5.41) is 3.66. The molecule has 1 atom stereocenters. The molecule has 0 saturated carbocycles. The minimum Gasteiger partial charge on any atom is -0.363 e. The normalized spacial score (nSPS) is 26.7. The molecular weight excluding hydrogens is 626 g/mol. The molecule has 0 unspecified atom stereocenters. The Morgan fingerprint density at radius 3 is 2.36 bits per heavy atom. The molecule has 1 aromatic carbocycles. The van der Waals surface area contributed by atoms with Gasteiger partial charge in [-0.25, -0.2) is 18.7 Å². The van der Waals surface area contributed by atoms with Gasteiger partial charge in [-0.15, -0.1) is 0 Å². The first-order chi connectivity index (χ1) is 23.6. The summed E-state index contributed by atoms with van der Waals surface area (Å²) < 4.78 is 34.3. The highest BCUT2D eigenvalue weighted by molar-refractivity contribution is 6.41. The zero-order valence-electron chi connectivity index (χ0n) is 31.5. The van der Waals surface area contributed by atoms with Crippen LogP contribution in [-0.4, -0.2) is 93.3 Å². The van der Waals surface area contributed by atoms with Crippen LogP contribution >= 0.6 is 0 Å². The van der Waals surface area contributed by atoms with Gasteiger partial charge in [0.25, 0.3) is 11.5 Å². The van der Waals surface area contributed by atoms with Crippen molar-refractivity contribution in [2.24, 2.45) is 5.92 Å². The number of alkyl halides is 2. The highest BCUT2D eigenvalue weighted by Crippen LogP contribution is 2.43. The number of nitrogens with one attached hydrogen (secondary N) is 1. The second-order valence-electron chi connectivity index (χ2n) is 16.6. The molecule has 2 saturated heterocycles. The van der Waals surface area contributed by atoms with Gasteiger partial charge in [-0.05, 0) is 133 Å². The maximum atomic E-state index is 16.2. The lowest BCUT2D eigenvalue weighted by atomic mass is 9.58. The summed E-state index contributed by atoms with van der Waals surface area (Å²) in [5.74, 6) is -2.31. The summed E-state index contributed by atoms with van der Waals surface area (Å²) in [6.45, 7) is 11.5. The van der Waals surface area contributed by atoms with Crippen molar-refractivity contribution in [1.82, 2.24) is 24.3 Å². The molecule has 4 aliphatic rings. The van der Waals surface area contributed by atoms with E-state index in [1.807, 2.05) is 30.5 Å². The molecule has 1 N–H and O–H groups in total. The van der Waals surface area contributed by atoms with Gasteiger partial charge in [0.05, 0.1) is 5.39 Å². The molecule has 264 valence electrons. The molecule has 50 heavy (non-hydrogen) atoms. The predicted octanol–water partition coefficient (Wildman–Crippen LogP) is 3.20. The molecule has 2 aromatic heterocycles. The highest BCUT2D eigenvalue weighted by atomic mass is 19.3. The Balaban J connectivity index is 1.48. The van der Waals surface area contributed by atoms with Gasteiger partial charge in [-0.2, -0.15) is 0 Å². The van der Waals surface area contributed by atoms with E-state index in [0.29, 0.717) is 49.3 Å². The number of pyridine rings is 1. The molecule has 0 aliphatic carbocycles. The minimum absolute atomic E-state index is 0.0381. The van der Waals surface area contributed by atoms with Crippen LogP contribution in [0, 0.1) is 12.8 Å². The fourth-order valence-corrected chi connectivity index (χ4v) is 8.60. The first kappa shape index (κ1) is 36.9. The van der Waals surface area contributed by atoms with E-state index < -0.39 is 17.2 Å². The third-order valence-corrected chi connectivity index (χ3v) is 11.9. The lowest BCUT2D eigenvalue weighted by molar-refractivity contribution is -0.0865. The number of benzene rings is 1. The topological polar surface area (TPSA) is 66.3 Å². The number of rotatable bonds is 2. The Hall–Kier alpha value is -2.91. The molecule has 0 radical (unpaired) electrons. The molecule has 2 fully saturated rings. The quantitative estimate of drug-likeness (QED) is 0.332. The van der Waals surface area contributed by atoms with E-state index in [1.54, 1.807) is 18.2 Å². The molecule has 7 rings (SSSR count). The average molecular weight is 680 g/mol. The second-order valence-corrected chi connectivity index (χ2v) is 16.6. The van der Waals surface area contributed by atoms with E-state index in [1.165, 1.54) is 0 Å². The maximum Gasteiger partial charge on any atom is 0.276 e. The number of likely N-dealkylation sites (tertiary alicyclic amines) is 1. The van der Waals surface area contributed by atoms with Crippen LogP contribution < -0.4 is 10.9 Å². The molecule has 3 aromatic rings. The van der Waals surface area contributed by atoms with E-state index >= 15 is 8.78 Å². The van der Waals surface area contributed by atoms with Gasteiger partial charge in [0.2, 0.25) is 0 Å². The standard InChI is InChI=1S/C37H54B4F2N6O/c1-23(2)47-17-11-26(12-18-47)30-22-31-32-44-24(3)27-9-8-10-29(21-27)37(42,43)28-13-19-48(20-14-28)35(38,39)15-6-5-7-16-36(40,41)49(34(30)50)33(31)46-25(4)45-32/h6,8-10,15,21-24,26,28H,5,7,11-14,16-20,38-41H2,1-4H3,(H,44,45,46)/b15-6-/t24-/m1/s1. The van der Waals surface area contributed by atoms with Gasteiger partial charge in [-0.1, -0.05) is 30.4 Å². The van der Waals surface area contributed by atoms with Crippen molar-refractivity contribution in [1.29, 1.82) is 0 Å². The summed E-state index contributed by atoms with van der Waals surface area (Å²) in [6, 6.07) is 9.10. The van der Waals surface area contributed by atoms with Gasteiger partial charge >= 0.3 is 0 Å². The summed E-state index contributed by atoms with van der Waals surface area (Å²) in [7, 11) is 8.68. The monoisotopic (exact) mass is 680 g/mol. The van der Waals surface area contributed by atoms with E-state index in [9.17, 15) is 4.79 Å². The first-order valence-electron chi connectivity index (χ1n) is 18.9.